The van der Waals surface area contributed by atoms with Crippen molar-refractivity contribution >= 4 is 17.5 Å². The highest BCUT2D eigenvalue weighted by atomic mass is 16.2. The molecule has 2 rings (SSSR count). The van der Waals surface area contributed by atoms with Crippen molar-refractivity contribution in [1.29, 1.82) is 0 Å². The smallest absolute Gasteiger partial charge is 0.250 e. The molecule has 0 saturated carbocycles. The highest BCUT2D eigenvalue weighted by Gasteiger charge is 2.38. The Hall–Kier alpha value is -1.91. The third-order valence-corrected chi connectivity index (χ3v) is 3.30. The van der Waals surface area contributed by atoms with E-state index in [0.29, 0.717) is 12.1 Å². The van der Waals surface area contributed by atoms with Crippen molar-refractivity contribution < 1.29 is 9.59 Å². The van der Waals surface area contributed by atoms with Crippen LogP contribution in [0.1, 0.15) is 25.8 Å². The number of aryl methyl sites for hydroxylation is 1. The number of nitrogens with one attached hydrogen (secondary N) is 1. The predicted octanol–water partition coefficient (Wildman–Crippen LogP) is 1.02. The number of piperazine rings is 1. The van der Waals surface area contributed by atoms with Gasteiger partial charge in [-0.1, -0.05) is 6.92 Å². The van der Waals surface area contributed by atoms with Gasteiger partial charge in [0.1, 0.15) is 12.1 Å². The molecule has 2 unspecified atom stereocenters. The molecule has 1 aliphatic heterocycles. The van der Waals surface area contributed by atoms with Crippen LogP contribution in [0, 0.1) is 6.92 Å². The number of amides is 2. The first-order valence-electron chi connectivity index (χ1n) is 6.10. The molecule has 96 valence electrons. The van der Waals surface area contributed by atoms with Gasteiger partial charge in [0, 0.05) is 6.20 Å². The fourth-order valence-electron chi connectivity index (χ4n) is 2.14. The molecule has 1 aliphatic rings. The first-order chi connectivity index (χ1) is 8.56. The Balaban J connectivity index is 2.43. The lowest BCUT2D eigenvalue weighted by molar-refractivity contribution is -0.133. The largest absolute Gasteiger partial charge is 0.343 e. The first kappa shape index (κ1) is 12.5. The maximum Gasteiger partial charge on any atom is 0.250 e. The lowest BCUT2D eigenvalue weighted by Gasteiger charge is -2.37. The van der Waals surface area contributed by atoms with Crippen molar-refractivity contribution in [2.24, 2.45) is 0 Å². The van der Waals surface area contributed by atoms with Crippen LogP contribution in [0.3, 0.4) is 0 Å². The van der Waals surface area contributed by atoms with Gasteiger partial charge in [-0.2, -0.15) is 0 Å². The number of aromatic nitrogens is 1. The minimum Gasteiger partial charge on any atom is -0.343 e. The van der Waals surface area contributed by atoms with Crippen LogP contribution >= 0.6 is 0 Å². The Kier molecular flexibility index (Phi) is 3.32. The van der Waals surface area contributed by atoms with Crippen LogP contribution in [0.2, 0.25) is 0 Å². The summed E-state index contributed by atoms with van der Waals surface area (Å²) in [7, 11) is 0. The maximum absolute atomic E-state index is 12.3. The second-order valence-corrected chi connectivity index (χ2v) is 4.52. The zero-order chi connectivity index (χ0) is 13.3. The number of hydrogen-bond acceptors (Lipinski definition) is 3. The molecule has 0 aliphatic carbocycles. The average Bonchev–Trinajstić information content (AvgIpc) is 2.36. The Morgan fingerprint density at radius 2 is 2.17 bits per heavy atom. The van der Waals surface area contributed by atoms with Crippen molar-refractivity contribution in [3.63, 3.8) is 0 Å². The van der Waals surface area contributed by atoms with Crippen LogP contribution < -0.4 is 10.2 Å². The molecule has 1 fully saturated rings. The molecule has 0 spiro atoms. The number of anilines is 1. The van der Waals surface area contributed by atoms with Crippen LogP contribution in [0.4, 0.5) is 5.69 Å². The molecule has 2 amide bonds. The Morgan fingerprint density at radius 3 is 2.78 bits per heavy atom. The molecule has 5 nitrogen and oxygen atoms in total. The lowest BCUT2D eigenvalue weighted by atomic mass is 10.0. The zero-order valence-corrected chi connectivity index (χ0v) is 10.8. The van der Waals surface area contributed by atoms with E-state index in [1.54, 1.807) is 24.2 Å². The molecule has 1 saturated heterocycles. The van der Waals surface area contributed by atoms with Gasteiger partial charge >= 0.3 is 0 Å². The molecule has 0 bridgehead atoms. The van der Waals surface area contributed by atoms with Crippen molar-refractivity contribution in [3.05, 3.63) is 24.0 Å². The number of nitrogens with zero attached hydrogens (tertiary/aromatic N) is 2. The SMILES string of the molecule is CCC1NC(=O)C(C)N(c2cnccc2C)C1=O. The van der Waals surface area contributed by atoms with Crippen LogP contribution in [0.25, 0.3) is 0 Å². The molecule has 0 aromatic carbocycles. The van der Waals surface area contributed by atoms with E-state index in [0.717, 1.165) is 5.56 Å². The first-order valence-corrected chi connectivity index (χ1v) is 6.10. The summed E-state index contributed by atoms with van der Waals surface area (Å²) in [5, 5.41) is 2.73. The molecule has 1 aromatic rings. The van der Waals surface area contributed by atoms with Crippen molar-refractivity contribution in [1.82, 2.24) is 10.3 Å². The molecule has 2 atom stereocenters. The van der Waals surface area contributed by atoms with Gasteiger partial charge in [0.25, 0.3) is 0 Å². The Labute approximate surface area is 106 Å². The van der Waals surface area contributed by atoms with E-state index < -0.39 is 12.1 Å². The maximum atomic E-state index is 12.3. The van der Waals surface area contributed by atoms with E-state index in [1.165, 1.54) is 0 Å². The summed E-state index contributed by atoms with van der Waals surface area (Å²) in [4.78, 5) is 29.8. The van der Waals surface area contributed by atoms with Gasteiger partial charge < -0.3 is 5.32 Å². The fourth-order valence-corrected chi connectivity index (χ4v) is 2.14. The summed E-state index contributed by atoms with van der Waals surface area (Å²) < 4.78 is 0. The topological polar surface area (TPSA) is 62.3 Å². The van der Waals surface area contributed by atoms with Crippen LogP contribution in [-0.4, -0.2) is 28.9 Å². The second-order valence-electron chi connectivity index (χ2n) is 4.52. The molecular weight excluding hydrogens is 230 g/mol. The summed E-state index contributed by atoms with van der Waals surface area (Å²) in [6.07, 6.45) is 3.90. The molecular formula is C13H17N3O2. The molecule has 1 aromatic heterocycles. The van der Waals surface area contributed by atoms with Crippen molar-refractivity contribution in [3.8, 4) is 0 Å². The van der Waals surface area contributed by atoms with E-state index in [-0.39, 0.29) is 11.8 Å². The summed E-state index contributed by atoms with van der Waals surface area (Å²) in [5.41, 5.74) is 1.65. The standard InChI is InChI=1S/C13H17N3O2/c1-4-10-13(18)16(9(3)12(17)15-10)11-7-14-6-5-8(11)2/h5-7,9-10H,4H2,1-3H3,(H,15,17). The number of pyridine rings is 1. The van der Waals surface area contributed by atoms with Crippen molar-refractivity contribution in [2.75, 3.05) is 4.90 Å². The summed E-state index contributed by atoms with van der Waals surface area (Å²) in [6, 6.07) is 0.902. The number of rotatable bonds is 2. The average molecular weight is 247 g/mol. The number of carbonyl (C=O) groups is 2. The van der Waals surface area contributed by atoms with E-state index in [2.05, 4.69) is 10.3 Å². The fraction of sp³-hybridized carbons (Fsp3) is 0.462. The molecule has 2 heterocycles. The highest BCUT2D eigenvalue weighted by molar-refractivity contribution is 6.08. The molecule has 5 heteroatoms. The van der Waals surface area contributed by atoms with Crippen LogP contribution in [0.15, 0.2) is 18.5 Å². The van der Waals surface area contributed by atoms with Crippen LogP contribution in [0.5, 0.6) is 0 Å². The van der Waals surface area contributed by atoms with Gasteiger partial charge in [-0.05, 0) is 31.9 Å². The minimum atomic E-state index is -0.497. The van der Waals surface area contributed by atoms with Crippen molar-refractivity contribution in [2.45, 2.75) is 39.3 Å². The van der Waals surface area contributed by atoms with Gasteiger partial charge in [-0.15, -0.1) is 0 Å². The number of carbonyl (C=O) groups excluding carboxylic acids is 2. The van der Waals surface area contributed by atoms with E-state index >= 15 is 0 Å². The Bertz CT molecular complexity index is 487. The lowest BCUT2D eigenvalue weighted by Crippen LogP contribution is -2.62. The highest BCUT2D eigenvalue weighted by Crippen LogP contribution is 2.24. The Morgan fingerprint density at radius 1 is 1.44 bits per heavy atom. The third kappa shape index (κ3) is 1.96. The zero-order valence-electron chi connectivity index (χ0n) is 10.8. The third-order valence-electron chi connectivity index (χ3n) is 3.30. The number of hydrogen-bond donors (Lipinski definition) is 1. The predicted molar refractivity (Wildman–Crippen MR) is 68.1 cm³/mol. The van der Waals surface area contributed by atoms with Gasteiger partial charge in [-0.25, -0.2) is 0 Å². The van der Waals surface area contributed by atoms with Gasteiger partial charge in [0.2, 0.25) is 11.8 Å². The van der Waals surface area contributed by atoms with E-state index in [1.807, 2.05) is 19.9 Å². The minimum absolute atomic E-state index is 0.0688. The normalized spacial score (nSPS) is 24.1. The molecule has 0 radical (unpaired) electrons. The second kappa shape index (κ2) is 4.76. The van der Waals surface area contributed by atoms with Gasteiger partial charge in [-0.3, -0.25) is 19.5 Å². The summed E-state index contributed by atoms with van der Waals surface area (Å²) >= 11 is 0. The molecule has 18 heavy (non-hydrogen) atoms. The van der Waals surface area contributed by atoms with Crippen LogP contribution in [-0.2, 0) is 9.59 Å². The van der Waals surface area contributed by atoms with E-state index in [4.69, 9.17) is 0 Å². The van der Waals surface area contributed by atoms with E-state index in [9.17, 15) is 9.59 Å². The summed E-state index contributed by atoms with van der Waals surface area (Å²) in [5.74, 6) is -0.189. The monoisotopic (exact) mass is 247 g/mol. The molecule has 1 N–H and O–H groups in total. The van der Waals surface area contributed by atoms with Gasteiger partial charge in [0.15, 0.2) is 0 Å². The summed E-state index contributed by atoms with van der Waals surface area (Å²) in [6.45, 7) is 5.52. The quantitative estimate of drug-likeness (QED) is 0.848. The van der Waals surface area contributed by atoms with Gasteiger partial charge in [0.05, 0.1) is 11.9 Å².